The molecule has 1 heterocycles. The van der Waals surface area contributed by atoms with E-state index >= 15 is 0 Å². The highest BCUT2D eigenvalue weighted by molar-refractivity contribution is 5.85. The zero-order chi connectivity index (χ0) is 17.9. The fraction of sp³-hybridized carbons (Fsp3) is 0.130. The summed E-state index contributed by atoms with van der Waals surface area (Å²) < 4.78 is 5.40. The summed E-state index contributed by atoms with van der Waals surface area (Å²) in [7, 11) is 1.67. The fourth-order valence-corrected chi connectivity index (χ4v) is 3.54. The van der Waals surface area contributed by atoms with E-state index < -0.39 is 6.10 Å². The monoisotopic (exact) mass is 343 g/mol. The molecule has 0 saturated carbocycles. The molecule has 0 fully saturated rings. The quantitative estimate of drug-likeness (QED) is 0.533. The average Bonchev–Trinajstić information content (AvgIpc) is 3.12. The summed E-state index contributed by atoms with van der Waals surface area (Å²) in [5, 5.41) is 12.3. The van der Waals surface area contributed by atoms with E-state index in [2.05, 4.69) is 17.1 Å². The Morgan fingerprint density at radius 3 is 2.15 bits per heavy atom. The van der Waals surface area contributed by atoms with Crippen LogP contribution in [0, 0.1) is 0 Å². The van der Waals surface area contributed by atoms with Crippen LogP contribution in [0.1, 0.15) is 28.7 Å². The third kappa shape index (κ3) is 2.98. The van der Waals surface area contributed by atoms with E-state index in [1.807, 2.05) is 72.9 Å². The normalized spacial score (nSPS) is 13.5. The van der Waals surface area contributed by atoms with Crippen molar-refractivity contribution in [3.8, 4) is 5.75 Å². The van der Waals surface area contributed by atoms with E-state index in [0.717, 1.165) is 33.3 Å². The van der Waals surface area contributed by atoms with Crippen molar-refractivity contribution in [2.45, 2.75) is 12.0 Å². The number of hydrogen-bond donors (Lipinski definition) is 2. The maximum Gasteiger partial charge on any atom is 0.119 e. The number of benzene rings is 3. The molecule has 3 nitrogen and oxygen atoms in total. The zero-order valence-corrected chi connectivity index (χ0v) is 14.6. The van der Waals surface area contributed by atoms with Gasteiger partial charge in [0, 0.05) is 23.0 Å². The topological polar surface area (TPSA) is 45.2 Å². The molecule has 0 spiro atoms. The number of hydrogen-bond acceptors (Lipinski definition) is 2. The second kappa shape index (κ2) is 7.06. The highest BCUT2D eigenvalue weighted by atomic mass is 16.5. The summed E-state index contributed by atoms with van der Waals surface area (Å²) in [4.78, 5) is 3.33. The molecule has 1 aromatic heterocycles. The molecule has 4 rings (SSSR count). The molecular formula is C23H21NO2. The van der Waals surface area contributed by atoms with Gasteiger partial charge in [0.2, 0.25) is 0 Å². The summed E-state index contributed by atoms with van der Waals surface area (Å²) in [6, 6.07) is 25.9. The highest BCUT2D eigenvalue weighted by Crippen LogP contribution is 2.40. The Morgan fingerprint density at radius 2 is 1.50 bits per heavy atom. The SMILES string of the molecule is COc1ccc2[nH]cc([C@H](c3ccccc3)[C@H](O)c3ccccc3)c2c1. The van der Waals surface area contributed by atoms with Gasteiger partial charge in [-0.25, -0.2) is 0 Å². The minimum atomic E-state index is -0.649. The number of ether oxygens (including phenoxy) is 1. The van der Waals surface area contributed by atoms with Gasteiger partial charge in [-0.3, -0.25) is 0 Å². The first-order valence-corrected chi connectivity index (χ1v) is 8.71. The number of methoxy groups -OCH3 is 1. The van der Waals surface area contributed by atoms with Crippen molar-refractivity contribution in [1.82, 2.24) is 4.98 Å². The van der Waals surface area contributed by atoms with Crippen LogP contribution in [0.3, 0.4) is 0 Å². The van der Waals surface area contributed by atoms with Gasteiger partial charge in [-0.15, -0.1) is 0 Å². The number of aromatic amines is 1. The molecule has 2 atom stereocenters. The minimum Gasteiger partial charge on any atom is -0.497 e. The minimum absolute atomic E-state index is 0.181. The Labute approximate surface area is 152 Å². The van der Waals surface area contributed by atoms with Crippen LogP contribution in [0.4, 0.5) is 0 Å². The lowest BCUT2D eigenvalue weighted by atomic mass is 9.83. The maximum atomic E-state index is 11.2. The predicted molar refractivity (Wildman–Crippen MR) is 105 cm³/mol. The fourth-order valence-electron chi connectivity index (χ4n) is 3.54. The van der Waals surface area contributed by atoms with Crippen molar-refractivity contribution >= 4 is 10.9 Å². The highest BCUT2D eigenvalue weighted by Gasteiger charge is 2.27. The number of fused-ring (bicyclic) bond motifs is 1. The first kappa shape index (κ1) is 16.4. The van der Waals surface area contributed by atoms with Gasteiger partial charge in [-0.05, 0) is 34.9 Å². The molecule has 0 aliphatic heterocycles. The number of aliphatic hydroxyl groups excluding tert-OH is 1. The Bertz CT molecular complexity index is 993. The molecule has 0 amide bonds. The van der Waals surface area contributed by atoms with Gasteiger partial charge in [-0.1, -0.05) is 60.7 Å². The van der Waals surface area contributed by atoms with Crippen molar-refractivity contribution in [1.29, 1.82) is 0 Å². The molecule has 0 unspecified atom stereocenters. The molecule has 4 aromatic rings. The van der Waals surface area contributed by atoms with E-state index in [4.69, 9.17) is 4.74 Å². The van der Waals surface area contributed by atoms with Gasteiger partial charge in [0.05, 0.1) is 13.2 Å². The number of aromatic nitrogens is 1. The zero-order valence-electron chi connectivity index (χ0n) is 14.6. The van der Waals surface area contributed by atoms with Crippen LogP contribution in [0.15, 0.2) is 85.1 Å². The Kier molecular flexibility index (Phi) is 4.46. The van der Waals surface area contributed by atoms with Crippen LogP contribution in [-0.2, 0) is 0 Å². The number of H-pyrrole nitrogens is 1. The number of rotatable bonds is 5. The second-order valence-corrected chi connectivity index (χ2v) is 6.40. The van der Waals surface area contributed by atoms with Crippen molar-refractivity contribution in [2.75, 3.05) is 7.11 Å². The van der Waals surface area contributed by atoms with Gasteiger partial charge >= 0.3 is 0 Å². The first-order valence-electron chi connectivity index (χ1n) is 8.71. The van der Waals surface area contributed by atoms with Crippen LogP contribution in [0.2, 0.25) is 0 Å². The lowest BCUT2D eigenvalue weighted by molar-refractivity contribution is 0.159. The van der Waals surface area contributed by atoms with Gasteiger partial charge < -0.3 is 14.8 Å². The smallest absolute Gasteiger partial charge is 0.119 e. The molecule has 3 aromatic carbocycles. The van der Waals surface area contributed by atoms with Crippen LogP contribution in [0.5, 0.6) is 5.75 Å². The molecular weight excluding hydrogens is 322 g/mol. The molecule has 3 heteroatoms. The number of nitrogens with one attached hydrogen (secondary N) is 1. The van der Waals surface area contributed by atoms with Gasteiger partial charge in [-0.2, -0.15) is 0 Å². The van der Waals surface area contributed by atoms with Gasteiger partial charge in [0.15, 0.2) is 0 Å². The first-order chi connectivity index (χ1) is 12.8. The summed E-state index contributed by atoms with van der Waals surface area (Å²) in [6.45, 7) is 0. The van der Waals surface area contributed by atoms with Crippen LogP contribution in [0.25, 0.3) is 10.9 Å². The lowest BCUT2D eigenvalue weighted by Crippen LogP contribution is -2.12. The van der Waals surface area contributed by atoms with Crippen molar-refractivity contribution in [2.24, 2.45) is 0 Å². The van der Waals surface area contributed by atoms with Crippen LogP contribution in [-0.4, -0.2) is 17.2 Å². The molecule has 0 saturated heterocycles. The van der Waals surface area contributed by atoms with Crippen molar-refractivity contribution in [3.05, 3.63) is 102 Å². The number of aliphatic hydroxyl groups is 1. The molecule has 0 radical (unpaired) electrons. The van der Waals surface area contributed by atoms with E-state index in [1.165, 1.54) is 0 Å². The molecule has 0 bridgehead atoms. The van der Waals surface area contributed by atoms with Crippen molar-refractivity contribution in [3.63, 3.8) is 0 Å². The Balaban J connectivity index is 1.89. The molecule has 2 N–H and O–H groups in total. The average molecular weight is 343 g/mol. The van der Waals surface area contributed by atoms with E-state index in [0.29, 0.717) is 0 Å². The molecule has 0 aliphatic carbocycles. The molecule has 130 valence electrons. The summed E-state index contributed by atoms with van der Waals surface area (Å²) in [5.41, 5.74) is 4.06. The summed E-state index contributed by atoms with van der Waals surface area (Å²) in [6.07, 6.45) is 1.34. The second-order valence-electron chi connectivity index (χ2n) is 6.40. The third-order valence-corrected chi connectivity index (χ3v) is 4.87. The molecule has 0 aliphatic rings. The van der Waals surface area contributed by atoms with E-state index in [1.54, 1.807) is 7.11 Å². The standard InChI is InChI=1S/C23H21NO2/c1-26-18-12-13-21-19(14-18)20(15-24-21)22(16-8-4-2-5-9-16)23(25)17-10-6-3-7-11-17/h2-15,22-25H,1H3/t22-,23+/m0/s1. The van der Waals surface area contributed by atoms with Crippen LogP contribution < -0.4 is 4.74 Å². The Morgan fingerprint density at radius 1 is 0.846 bits per heavy atom. The van der Waals surface area contributed by atoms with E-state index in [9.17, 15) is 5.11 Å². The summed E-state index contributed by atoms with van der Waals surface area (Å²) in [5.74, 6) is 0.624. The van der Waals surface area contributed by atoms with Crippen molar-refractivity contribution < 1.29 is 9.84 Å². The van der Waals surface area contributed by atoms with Gasteiger partial charge in [0.25, 0.3) is 0 Å². The maximum absolute atomic E-state index is 11.2. The molecule has 26 heavy (non-hydrogen) atoms. The largest absolute Gasteiger partial charge is 0.497 e. The lowest BCUT2D eigenvalue weighted by Gasteiger charge is -2.24. The Hall–Kier alpha value is -3.04. The predicted octanol–water partition coefficient (Wildman–Crippen LogP) is 5.04. The van der Waals surface area contributed by atoms with Crippen LogP contribution >= 0.6 is 0 Å². The van der Waals surface area contributed by atoms with Gasteiger partial charge in [0.1, 0.15) is 5.75 Å². The van der Waals surface area contributed by atoms with E-state index in [-0.39, 0.29) is 5.92 Å². The third-order valence-electron chi connectivity index (χ3n) is 4.87. The summed E-state index contributed by atoms with van der Waals surface area (Å²) >= 11 is 0.